The Morgan fingerprint density at radius 3 is 2.53 bits per heavy atom. The average Bonchev–Trinajstić information content (AvgIpc) is 2.72. The van der Waals surface area contributed by atoms with Crippen LogP contribution in [-0.4, -0.2) is 41.4 Å². The standard InChI is InChI=1S/C19H19ClF4N4O4/c20-14-4-3-13(5-15(14)21)32-9-18(31)28-10-27-17(30)6-16(29)26-8-12-2-1-11(7-25-12)19(22,23)24/h1-5,7,17,27,30H,6,8-10H2,(H,26,29)(H,28,31). The van der Waals surface area contributed by atoms with Crippen molar-refractivity contribution in [1.29, 1.82) is 0 Å². The smallest absolute Gasteiger partial charge is 0.417 e. The molecule has 174 valence electrons. The highest BCUT2D eigenvalue weighted by Gasteiger charge is 2.30. The van der Waals surface area contributed by atoms with Gasteiger partial charge in [-0.15, -0.1) is 0 Å². The van der Waals surface area contributed by atoms with Crippen LogP contribution in [0.15, 0.2) is 36.5 Å². The van der Waals surface area contributed by atoms with Crippen LogP contribution in [0.1, 0.15) is 17.7 Å². The third-order valence-corrected chi connectivity index (χ3v) is 4.19. The summed E-state index contributed by atoms with van der Waals surface area (Å²) in [4.78, 5) is 27.1. The van der Waals surface area contributed by atoms with E-state index in [1.165, 1.54) is 12.1 Å². The molecule has 4 N–H and O–H groups in total. The molecule has 1 aromatic carbocycles. The number of ether oxygens (including phenoxy) is 1. The lowest BCUT2D eigenvalue weighted by Gasteiger charge is -2.14. The Morgan fingerprint density at radius 1 is 1.16 bits per heavy atom. The quantitative estimate of drug-likeness (QED) is 0.307. The van der Waals surface area contributed by atoms with E-state index < -0.39 is 42.2 Å². The number of halogens is 5. The minimum absolute atomic E-state index is 0.0837. The summed E-state index contributed by atoms with van der Waals surface area (Å²) in [6, 6.07) is 5.67. The Kier molecular flexibility index (Phi) is 9.17. The number of hydrogen-bond acceptors (Lipinski definition) is 6. The van der Waals surface area contributed by atoms with Crippen LogP contribution in [-0.2, 0) is 22.3 Å². The fraction of sp³-hybridized carbons (Fsp3) is 0.316. The van der Waals surface area contributed by atoms with Crippen molar-refractivity contribution >= 4 is 23.4 Å². The van der Waals surface area contributed by atoms with Crippen LogP contribution in [0.5, 0.6) is 5.75 Å². The van der Waals surface area contributed by atoms with Crippen LogP contribution >= 0.6 is 11.6 Å². The number of nitrogens with one attached hydrogen (secondary N) is 3. The average molecular weight is 479 g/mol. The number of aliphatic hydroxyl groups is 1. The second-order valence-electron chi connectivity index (χ2n) is 6.38. The van der Waals surface area contributed by atoms with Gasteiger partial charge in [0.15, 0.2) is 6.61 Å². The molecule has 0 bridgehead atoms. The van der Waals surface area contributed by atoms with Gasteiger partial charge in [0, 0.05) is 12.3 Å². The molecule has 2 aromatic rings. The van der Waals surface area contributed by atoms with E-state index in [-0.39, 0.29) is 36.1 Å². The van der Waals surface area contributed by atoms with Gasteiger partial charge >= 0.3 is 6.18 Å². The zero-order valence-corrected chi connectivity index (χ0v) is 17.1. The molecule has 0 spiro atoms. The summed E-state index contributed by atoms with van der Waals surface area (Å²) in [6.07, 6.45) is -5.52. The molecular formula is C19H19ClF4N4O4. The third-order valence-electron chi connectivity index (χ3n) is 3.88. The Labute approximate surface area is 184 Å². The number of hydrogen-bond donors (Lipinski definition) is 4. The normalized spacial score (nSPS) is 12.2. The molecule has 1 aromatic heterocycles. The maximum atomic E-state index is 13.3. The molecule has 0 fully saturated rings. The van der Waals surface area contributed by atoms with E-state index in [4.69, 9.17) is 16.3 Å². The minimum atomic E-state index is -4.50. The first-order valence-corrected chi connectivity index (χ1v) is 9.47. The molecule has 1 heterocycles. The van der Waals surface area contributed by atoms with Crippen molar-refractivity contribution in [3.8, 4) is 5.75 Å². The van der Waals surface area contributed by atoms with E-state index in [2.05, 4.69) is 20.9 Å². The fourth-order valence-corrected chi connectivity index (χ4v) is 2.36. The maximum absolute atomic E-state index is 13.3. The van der Waals surface area contributed by atoms with Gasteiger partial charge in [0.1, 0.15) is 17.8 Å². The van der Waals surface area contributed by atoms with Crippen molar-refractivity contribution in [2.45, 2.75) is 25.4 Å². The summed E-state index contributed by atoms with van der Waals surface area (Å²) in [5.41, 5.74) is -0.693. The lowest BCUT2D eigenvalue weighted by atomic mass is 10.2. The van der Waals surface area contributed by atoms with E-state index in [0.29, 0.717) is 6.20 Å². The van der Waals surface area contributed by atoms with Crippen molar-refractivity contribution in [3.05, 3.63) is 58.6 Å². The molecule has 0 saturated heterocycles. The molecule has 8 nitrogen and oxygen atoms in total. The molecule has 1 atom stereocenters. The lowest BCUT2D eigenvalue weighted by Crippen LogP contribution is -2.43. The number of amides is 2. The van der Waals surface area contributed by atoms with Crippen molar-refractivity contribution in [1.82, 2.24) is 20.9 Å². The number of aromatic nitrogens is 1. The first kappa shape index (κ1) is 25.3. The van der Waals surface area contributed by atoms with Gasteiger partial charge in [-0.3, -0.25) is 19.9 Å². The number of carbonyl (C=O) groups is 2. The summed E-state index contributed by atoms with van der Waals surface area (Å²) >= 11 is 5.54. The number of carbonyl (C=O) groups excluding carboxylic acids is 2. The lowest BCUT2D eigenvalue weighted by molar-refractivity contribution is -0.138. The van der Waals surface area contributed by atoms with Crippen LogP contribution in [0, 0.1) is 5.82 Å². The predicted octanol–water partition coefficient (Wildman–Crippen LogP) is 1.96. The van der Waals surface area contributed by atoms with Crippen LogP contribution in [0.25, 0.3) is 0 Å². The molecule has 0 saturated carbocycles. The zero-order chi connectivity index (χ0) is 23.7. The predicted molar refractivity (Wildman–Crippen MR) is 105 cm³/mol. The first-order valence-electron chi connectivity index (χ1n) is 9.09. The van der Waals surface area contributed by atoms with Gasteiger partial charge in [0.25, 0.3) is 5.91 Å². The van der Waals surface area contributed by atoms with Crippen molar-refractivity contribution < 1.29 is 37.0 Å². The fourth-order valence-electron chi connectivity index (χ4n) is 2.24. The summed E-state index contributed by atoms with van der Waals surface area (Å²) in [7, 11) is 0. The maximum Gasteiger partial charge on any atom is 0.417 e. The number of alkyl halides is 3. The minimum Gasteiger partial charge on any atom is -0.484 e. The number of nitrogens with zero attached hydrogens (tertiary/aromatic N) is 1. The van der Waals surface area contributed by atoms with Crippen LogP contribution in [0.3, 0.4) is 0 Å². The van der Waals surface area contributed by atoms with Crippen molar-refractivity contribution in [2.24, 2.45) is 0 Å². The molecular weight excluding hydrogens is 460 g/mol. The molecule has 2 rings (SSSR count). The number of rotatable bonds is 10. The van der Waals surface area contributed by atoms with E-state index in [9.17, 15) is 32.3 Å². The summed E-state index contributed by atoms with van der Waals surface area (Å²) in [6.45, 7) is -0.728. The van der Waals surface area contributed by atoms with E-state index >= 15 is 0 Å². The Hall–Kier alpha value is -2.96. The Balaban J connectivity index is 1.62. The zero-order valence-electron chi connectivity index (χ0n) is 16.4. The topological polar surface area (TPSA) is 113 Å². The molecule has 0 aliphatic heterocycles. The number of benzene rings is 1. The summed E-state index contributed by atoms with van der Waals surface area (Å²) < 4.78 is 55.8. The van der Waals surface area contributed by atoms with E-state index in [1.54, 1.807) is 0 Å². The van der Waals surface area contributed by atoms with Crippen LogP contribution < -0.4 is 20.7 Å². The third kappa shape index (κ3) is 8.65. The molecule has 13 heteroatoms. The Bertz CT molecular complexity index is 929. The van der Waals surface area contributed by atoms with Gasteiger partial charge in [0.2, 0.25) is 5.91 Å². The Morgan fingerprint density at radius 2 is 1.91 bits per heavy atom. The number of aliphatic hydroxyl groups excluding tert-OH is 1. The highest BCUT2D eigenvalue weighted by atomic mass is 35.5. The van der Waals surface area contributed by atoms with Crippen molar-refractivity contribution in [3.63, 3.8) is 0 Å². The van der Waals surface area contributed by atoms with Gasteiger partial charge in [0.05, 0.1) is 35.9 Å². The molecule has 32 heavy (non-hydrogen) atoms. The first-order chi connectivity index (χ1) is 15.0. The van der Waals surface area contributed by atoms with Crippen molar-refractivity contribution in [2.75, 3.05) is 13.3 Å². The van der Waals surface area contributed by atoms with Crippen LogP contribution in [0.4, 0.5) is 17.6 Å². The SMILES string of the molecule is O=C(COc1ccc(Cl)c(F)c1)NCNC(O)CC(=O)NCc1ccc(C(F)(F)F)cn1. The summed E-state index contributed by atoms with van der Waals surface area (Å²) in [5.74, 6) is -1.75. The monoisotopic (exact) mass is 478 g/mol. The number of pyridine rings is 1. The molecule has 1 unspecified atom stereocenters. The molecule has 2 amide bonds. The van der Waals surface area contributed by atoms with Gasteiger partial charge in [-0.2, -0.15) is 13.2 Å². The largest absolute Gasteiger partial charge is 0.484 e. The molecule has 0 aliphatic carbocycles. The van der Waals surface area contributed by atoms with E-state index in [1.807, 2.05) is 0 Å². The van der Waals surface area contributed by atoms with Gasteiger partial charge in [-0.1, -0.05) is 11.6 Å². The molecule has 0 aliphatic rings. The second kappa shape index (κ2) is 11.6. The highest BCUT2D eigenvalue weighted by molar-refractivity contribution is 6.30. The second-order valence-corrected chi connectivity index (χ2v) is 6.79. The van der Waals surface area contributed by atoms with Crippen LogP contribution in [0.2, 0.25) is 5.02 Å². The molecule has 0 radical (unpaired) electrons. The van der Waals surface area contributed by atoms with E-state index in [0.717, 1.165) is 18.2 Å². The van der Waals surface area contributed by atoms with Gasteiger partial charge in [-0.25, -0.2) is 4.39 Å². The van der Waals surface area contributed by atoms with Gasteiger partial charge in [-0.05, 0) is 24.3 Å². The highest BCUT2D eigenvalue weighted by Crippen LogP contribution is 2.28. The summed E-state index contributed by atoms with van der Waals surface area (Å²) in [5, 5.41) is 16.9. The van der Waals surface area contributed by atoms with Gasteiger partial charge < -0.3 is 20.5 Å².